The van der Waals surface area contributed by atoms with Crippen molar-refractivity contribution in [3.8, 4) is 0 Å². The third-order valence-corrected chi connectivity index (χ3v) is 3.93. The summed E-state index contributed by atoms with van der Waals surface area (Å²) < 4.78 is 0. The summed E-state index contributed by atoms with van der Waals surface area (Å²) in [5.74, 6) is 0.421. The Morgan fingerprint density at radius 3 is 2.38 bits per heavy atom. The SMILES string of the molecule is CCC(N)(Cc1ccc(Cl)cc1Cl)C(C)C. The molecule has 0 saturated carbocycles. The van der Waals surface area contributed by atoms with Gasteiger partial charge in [0.25, 0.3) is 0 Å². The third kappa shape index (κ3) is 3.13. The molecule has 90 valence electrons. The molecule has 1 nitrogen and oxygen atoms in total. The largest absolute Gasteiger partial charge is 0.325 e. The summed E-state index contributed by atoms with van der Waals surface area (Å²) >= 11 is 12.0. The van der Waals surface area contributed by atoms with Crippen molar-refractivity contribution in [1.82, 2.24) is 0 Å². The Morgan fingerprint density at radius 1 is 1.31 bits per heavy atom. The lowest BCUT2D eigenvalue weighted by Gasteiger charge is -2.33. The molecule has 0 radical (unpaired) electrons. The van der Waals surface area contributed by atoms with E-state index in [2.05, 4.69) is 20.8 Å². The van der Waals surface area contributed by atoms with Crippen LogP contribution in [-0.2, 0) is 6.42 Å². The predicted octanol–water partition coefficient (Wildman–Crippen LogP) is 4.30. The standard InChI is InChI=1S/C13H19Cl2N/c1-4-13(16,9(2)3)8-10-5-6-11(14)7-12(10)15/h5-7,9H,4,8,16H2,1-3H3. The maximum atomic E-state index is 6.39. The highest BCUT2D eigenvalue weighted by Crippen LogP contribution is 2.28. The van der Waals surface area contributed by atoms with E-state index < -0.39 is 0 Å². The fourth-order valence-corrected chi connectivity index (χ4v) is 2.23. The number of halogens is 2. The lowest BCUT2D eigenvalue weighted by molar-refractivity contribution is 0.296. The number of benzene rings is 1. The summed E-state index contributed by atoms with van der Waals surface area (Å²) in [6, 6.07) is 5.60. The van der Waals surface area contributed by atoms with Gasteiger partial charge in [0.05, 0.1) is 0 Å². The molecular formula is C13H19Cl2N. The molecule has 2 N–H and O–H groups in total. The van der Waals surface area contributed by atoms with Crippen LogP contribution >= 0.6 is 23.2 Å². The molecule has 3 heteroatoms. The molecule has 1 atom stereocenters. The third-order valence-electron chi connectivity index (χ3n) is 3.34. The van der Waals surface area contributed by atoms with Crippen LogP contribution in [0.25, 0.3) is 0 Å². The maximum absolute atomic E-state index is 6.39. The van der Waals surface area contributed by atoms with E-state index in [1.807, 2.05) is 12.1 Å². The first kappa shape index (κ1) is 13.8. The molecule has 0 aromatic heterocycles. The normalized spacial score (nSPS) is 15.2. The second-order valence-electron chi connectivity index (χ2n) is 4.65. The molecule has 0 aliphatic carbocycles. The molecule has 1 aromatic rings. The topological polar surface area (TPSA) is 26.0 Å². The van der Waals surface area contributed by atoms with Crippen molar-refractivity contribution in [3.63, 3.8) is 0 Å². The van der Waals surface area contributed by atoms with Gasteiger partial charge in [-0.3, -0.25) is 0 Å². The molecule has 0 amide bonds. The zero-order valence-corrected chi connectivity index (χ0v) is 11.6. The van der Waals surface area contributed by atoms with Crippen molar-refractivity contribution in [2.75, 3.05) is 0 Å². The lowest BCUT2D eigenvalue weighted by Crippen LogP contribution is -2.46. The Bertz CT molecular complexity index is 363. The molecule has 1 rings (SSSR count). The van der Waals surface area contributed by atoms with Gasteiger partial charge in [-0.25, -0.2) is 0 Å². The molecule has 0 aliphatic rings. The highest BCUT2D eigenvalue weighted by Gasteiger charge is 2.27. The van der Waals surface area contributed by atoms with E-state index >= 15 is 0 Å². The highest BCUT2D eigenvalue weighted by atomic mass is 35.5. The molecule has 0 saturated heterocycles. The Labute approximate surface area is 108 Å². The Balaban J connectivity index is 2.95. The first-order valence-corrected chi connectivity index (χ1v) is 6.37. The van der Waals surface area contributed by atoms with Gasteiger partial charge in [-0.05, 0) is 36.5 Å². The quantitative estimate of drug-likeness (QED) is 0.858. The molecule has 1 unspecified atom stereocenters. The first-order chi connectivity index (χ1) is 7.39. The van der Waals surface area contributed by atoms with Crippen molar-refractivity contribution in [1.29, 1.82) is 0 Å². The molecule has 0 spiro atoms. The zero-order valence-electron chi connectivity index (χ0n) is 10.1. The summed E-state index contributed by atoms with van der Waals surface area (Å²) in [5.41, 5.74) is 7.26. The Morgan fingerprint density at radius 2 is 1.94 bits per heavy atom. The number of rotatable bonds is 4. The van der Waals surface area contributed by atoms with Crippen LogP contribution in [0.5, 0.6) is 0 Å². The summed E-state index contributed by atoms with van der Waals surface area (Å²) in [6.07, 6.45) is 1.72. The van der Waals surface area contributed by atoms with E-state index in [1.165, 1.54) is 0 Å². The van der Waals surface area contributed by atoms with Crippen LogP contribution in [0.3, 0.4) is 0 Å². The van der Waals surface area contributed by atoms with Crippen LogP contribution in [0.15, 0.2) is 18.2 Å². The Hall–Kier alpha value is -0.240. The monoisotopic (exact) mass is 259 g/mol. The smallest absolute Gasteiger partial charge is 0.0453 e. The van der Waals surface area contributed by atoms with Crippen molar-refractivity contribution in [3.05, 3.63) is 33.8 Å². The van der Waals surface area contributed by atoms with Crippen LogP contribution in [0, 0.1) is 5.92 Å². The average molecular weight is 260 g/mol. The van der Waals surface area contributed by atoms with Crippen molar-refractivity contribution >= 4 is 23.2 Å². The molecule has 0 fully saturated rings. The van der Waals surface area contributed by atoms with Gasteiger partial charge in [-0.1, -0.05) is 50.0 Å². The minimum atomic E-state index is -0.197. The van der Waals surface area contributed by atoms with Crippen LogP contribution in [0.4, 0.5) is 0 Å². The maximum Gasteiger partial charge on any atom is 0.0453 e. The van der Waals surface area contributed by atoms with Gasteiger partial charge >= 0.3 is 0 Å². The molecule has 1 aromatic carbocycles. The Kier molecular flexibility index (Phi) is 4.66. The molecular weight excluding hydrogens is 241 g/mol. The fourth-order valence-electron chi connectivity index (χ4n) is 1.76. The lowest BCUT2D eigenvalue weighted by atomic mass is 9.80. The van der Waals surface area contributed by atoms with E-state index in [1.54, 1.807) is 6.07 Å². The first-order valence-electron chi connectivity index (χ1n) is 5.62. The van der Waals surface area contributed by atoms with E-state index in [9.17, 15) is 0 Å². The van der Waals surface area contributed by atoms with Crippen molar-refractivity contribution in [2.45, 2.75) is 39.2 Å². The highest BCUT2D eigenvalue weighted by molar-refractivity contribution is 6.35. The minimum absolute atomic E-state index is 0.197. The number of hydrogen-bond acceptors (Lipinski definition) is 1. The number of nitrogens with two attached hydrogens (primary N) is 1. The van der Waals surface area contributed by atoms with Gasteiger partial charge in [0.15, 0.2) is 0 Å². The minimum Gasteiger partial charge on any atom is -0.325 e. The fraction of sp³-hybridized carbons (Fsp3) is 0.538. The second-order valence-corrected chi connectivity index (χ2v) is 5.50. The van der Waals surface area contributed by atoms with Crippen molar-refractivity contribution in [2.24, 2.45) is 11.7 Å². The van der Waals surface area contributed by atoms with Gasteiger partial charge < -0.3 is 5.73 Å². The van der Waals surface area contributed by atoms with E-state index in [4.69, 9.17) is 28.9 Å². The van der Waals surface area contributed by atoms with Crippen LogP contribution < -0.4 is 5.73 Å². The zero-order chi connectivity index (χ0) is 12.3. The van der Waals surface area contributed by atoms with Gasteiger partial charge in [0.2, 0.25) is 0 Å². The van der Waals surface area contributed by atoms with E-state index in [0.717, 1.165) is 18.4 Å². The van der Waals surface area contributed by atoms with Gasteiger partial charge in [0, 0.05) is 15.6 Å². The average Bonchev–Trinajstić information content (AvgIpc) is 2.22. The molecule has 16 heavy (non-hydrogen) atoms. The molecule has 0 aliphatic heterocycles. The van der Waals surface area contributed by atoms with Crippen LogP contribution in [0.2, 0.25) is 10.0 Å². The number of hydrogen-bond donors (Lipinski definition) is 1. The van der Waals surface area contributed by atoms with Gasteiger partial charge in [-0.2, -0.15) is 0 Å². The van der Waals surface area contributed by atoms with Crippen LogP contribution in [-0.4, -0.2) is 5.54 Å². The van der Waals surface area contributed by atoms with Gasteiger partial charge in [-0.15, -0.1) is 0 Å². The summed E-state index contributed by atoms with van der Waals surface area (Å²) in [7, 11) is 0. The summed E-state index contributed by atoms with van der Waals surface area (Å²) in [5, 5.41) is 1.37. The van der Waals surface area contributed by atoms with E-state index in [0.29, 0.717) is 16.0 Å². The molecule has 0 bridgehead atoms. The summed E-state index contributed by atoms with van der Waals surface area (Å²) in [4.78, 5) is 0. The summed E-state index contributed by atoms with van der Waals surface area (Å²) in [6.45, 7) is 6.41. The van der Waals surface area contributed by atoms with E-state index in [-0.39, 0.29) is 5.54 Å². The molecule has 0 heterocycles. The van der Waals surface area contributed by atoms with Crippen molar-refractivity contribution < 1.29 is 0 Å². The van der Waals surface area contributed by atoms with Crippen LogP contribution in [0.1, 0.15) is 32.8 Å². The van der Waals surface area contributed by atoms with Gasteiger partial charge in [0.1, 0.15) is 0 Å². The predicted molar refractivity (Wildman–Crippen MR) is 72.2 cm³/mol. The second kappa shape index (κ2) is 5.39.